The molecular formula is C35H74BrNO3. The summed E-state index contributed by atoms with van der Waals surface area (Å²) in [5.74, 6) is 0. The van der Waals surface area contributed by atoms with E-state index >= 15 is 0 Å². The minimum absolute atomic E-state index is 0. The second kappa shape index (κ2) is 32.2. The molecule has 0 aliphatic carbocycles. The molecule has 0 aromatic heterocycles. The van der Waals surface area contributed by atoms with Crippen LogP contribution in [0.4, 0.5) is 0 Å². The highest BCUT2D eigenvalue weighted by molar-refractivity contribution is 4.75. The summed E-state index contributed by atoms with van der Waals surface area (Å²) in [7, 11) is 0. The van der Waals surface area contributed by atoms with Crippen molar-refractivity contribution in [3.8, 4) is 0 Å². The van der Waals surface area contributed by atoms with E-state index < -0.39 is 5.60 Å². The Kier molecular flexibility index (Phi) is 34.2. The first-order valence-corrected chi connectivity index (χ1v) is 17.7. The van der Waals surface area contributed by atoms with Crippen LogP contribution in [0, 0.1) is 0 Å². The molecule has 0 aliphatic rings. The van der Waals surface area contributed by atoms with Gasteiger partial charge < -0.3 is 37.3 Å². The summed E-state index contributed by atoms with van der Waals surface area (Å²) in [5, 5.41) is 10.3. The zero-order chi connectivity index (χ0) is 28.9. The summed E-state index contributed by atoms with van der Waals surface area (Å²) in [6, 6.07) is -0.00881. The Hall–Kier alpha value is 0.320. The fourth-order valence-corrected chi connectivity index (χ4v) is 5.22. The predicted molar refractivity (Wildman–Crippen MR) is 170 cm³/mol. The third-order valence-electron chi connectivity index (χ3n) is 8.35. The minimum atomic E-state index is -0.754. The topological polar surface area (TPSA) is 66.3 Å². The van der Waals surface area contributed by atoms with Crippen molar-refractivity contribution in [3.05, 3.63) is 0 Å². The fourth-order valence-electron chi connectivity index (χ4n) is 5.22. The van der Waals surface area contributed by atoms with Crippen molar-refractivity contribution in [2.24, 2.45) is 0 Å². The van der Waals surface area contributed by atoms with Gasteiger partial charge in [-0.3, -0.25) is 0 Å². The van der Waals surface area contributed by atoms with E-state index in [4.69, 9.17) is 9.47 Å². The van der Waals surface area contributed by atoms with Crippen LogP contribution in [-0.2, 0) is 9.47 Å². The van der Waals surface area contributed by atoms with Crippen LogP contribution < -0.4 is 22.7 Å². The van der Waals surface area contributed by atoms with Gasteiger partial charge in [0.25, 0.3) is 0 Å². The molecule has 4 nitrogen and oxygen atoms in total. The average Bonchev–Trinajstić information content (AvgIpc) is 2.91. The third-order valence-corrected chi connectivity index (χ3v) is 8.35. The van der Waals surface area contributed by atoms with Crippen molar-refractivity contribution in [1.29, 1.82) is 0 Å². The van der Waals surface area contributed by atoms with Gasteiger partial charge in [0.15, 0.2) is 6.29 Å². The maximum Gasteiger partial charge on any atom is 0.157 e. The van der Waals surface area contributed by atoms with Gasteiger partial charge in [-0.05, 0) is 26.7 Å². The predicted octanol–water partition coefficient (Wildman–Crippen LogP) is 6.91. The largest absolute Gasteiger partial charge is 1.00 e. The van der Waals surface area contributed by atoms with Crippen molar-refractivity contribution >= 4 is 0 Å². The lowest BCUT2D eigenvalue weighted by molar-refractivity contribution is -0.453. The molecule has 4 N–H and O–H groups in total. The number of halogens is 1. The number of rotatable bonds is 32. The summed E-state index contributed by atoms with van der Waals surface area (Å²) in [5.41, 5.74) is 3.41. The van der Waals surface area contributed by atoms with Gasteiger partial charge in [-0.1, -0.05) is 155 Å². The van der Waals surface area contributed by atoms with Crippen LogP contribution >= 0.6 is 0 Å². The molecule has 244 valence electrons. The Morgan fingerprint density at radius 2 is 0.775 bits per heavy atom. The molecule has 1 atom stereocenters. The molecule has 1 unspecified atom stereocenters. The van der Waals surface area contributed by atoms with Gasteiger partial charge in [-0.2, -0.15) is 0 Å². The Bertz CT molecular complexity index is 442. The normalized spacial score (nSPS) is 12.7. The van der Waals surface area contributed by atoms with Crippen LogP contribution in [0.3, 0.4) is 0 Å². The van der Waals surface area contributed by atoms with Crippen molar-refractivity contribution in [3.63, 3.8) is 0 Å². The number of unbranched alkanes of at least 4 members (excludes halogenated alkanes) is 22. The van der Waals surface area contributed by atoms with E-state index in [1.165, 1.54) is 141 Å². The van der Waals surface area contributed by atoms with E-state index in [1.807, 2.05) is 13.8 Å². The van der Waals surface area contributed by atoms with Gasteiger partial charge >= 0.3 is 0 Å². The highest BCUT2D eigenvalue weighted by Gasteiger charge is 2.27. The van der Waals surface area contributed by atoms with Gasteiger partial charge in [0.2, 0.25) is 0 Å². The summed E-state index contributed by atoms with van der Waals surface area (Å²) in [6.45, 7) is 9.83. The second-order valence-corrected chi connectivity index (χ2v) is 12.9. The maximum atomic E-state index is 10.3. The standard InChI is InChI=1S/C35H73NO3.BrH/c1-5-7-9-11-13-15-17-19-21-23-25-27-31-38-34(30-29-33(36)35(3,4)37)39-32-28-26-24-22-20-18-16-14-12-10-8-6-2;/h33-34,37H,5-32,36H2,1-4H3;1H. The lowest BCUT2D eigenvalue weighted by Gasteiger charge is -2.25. The molecule has 0 bridgehead atoms. The Morgan fingerprint density at radius 1 is 0.500 bits per heavy atom. The molecule has 0 heterocycles. The molecule has 0 spiro atoms. The molecule has 0 aromatic rings. The molecule has 5 heteroatoms. The minimum Gasteiger partial charge on any atom is -1.00 e. The van der Waals surface area contributed by atoms with Crippen LogP contribution in [0.2, 0.25) is 0 Å². The van der Waals surface area contributed by atoms with Gasteiger partial charge in [-0.15, -0.1) is 0 Å². The van der Waals surface area contributed by atoms with E-state index in [0.717, 1.165) is 38.9 Å². The van der Waals surface area contributed by atoms with Gasteiger partial charge in [-0.25, -0.2) is 0 Å². The molecule has 0 rings (SSSR count). The molecule has 0 fully saturated rings. The highest BCUT2D eigenvalue weighted by Crippen LogP contribution is 2.17. The third kappa shape index (κ3) is 31.3. The molecule has 0 amide bonds. The summed E-state index contributed by atoms with van der Waals surface area (Å²) in [4.78, 5) is 0. The van der Waals surface area contributed by atoms with E-state index in [2.05, 4.69) is 19.6 Å². The Labute approximate surface area is 262 Å². The van der Waals surface area contributed by atoms with Gasteiger partial charge in [0.1, 0.15) is 11.6 Å². The molecule has 0 saturated heterocycles. The molecular weight excluding hydrogens is 562 g/mol. The average molecular weight is 637 g/mol. The first-order valence-electron chi connectivity index (χ1n) is 17.7. The van der Waals surface area contributed by atoms with Gasteiger partial charge in [0.05, 0.1) is 0 Å². The summed E-state index contributed by atoms with van der Waals surface area (Å²) in [6.07, 6.45) is 34.1. The summed E-state index contributed by atoms with van der Waals surface area (Å²) >= 11 is 0. The van der Waals surface area contributed by atoms with E-state index in [9.17, 15) is 5.11 Å². The smallest absolute Gasteiger partial charge is 0.157 e. The highest BCUT2D eigenvalue weighted by atomic mass is 79.9. The first-order chi connectivity index (χ1) is 18.9. The maximum absolute atomic E-state index is 10.3. The molecule has 40 heavy (non-hydrogen) atoms. The van der Waals surface area contributed by atoms with E-state index in [1.54, 1.807) is 0 Å². The lowest BCUT2D eigenvalue weighted by Crippen LogP contribution is -3.00. The fraction of sp³-hybridized carbons (Fsp3) is 1.00. The monoisotopic (exact) mass is 635 g/mol. The first kappa shape index (κ1) is 42.5. The molecule has 0 saturated carbocycles. The van der Waals surface area contributed by atoms with E-state index in [0.29, 0.717) is 0 Å². The lowest BCUT2D eigenvalue weighted by atomic mass is 9.95. The SMILES string of the molecule is CCCCCCCCCCCCCCOC(CCC([NH3+])C(C)(C)O)OCCCCCCCCCCCCCC.[Br-]. The van der Waals surface area contributed by atoms with Crippen molar-refractivity contribution in [1.82, 2.24) is 0 Å². The van der Waals surface area contributed by atoms with Gasteiger partial charge in [0, 0.05) is 26.1 Å². The Morgan fingerprint density at radius 3 is 1.05 bits per heavy atom. The zero-order valence-electron chi connectivity index (χ0n) is 27.8. The zero-order valence-corrected chi connectivity index (χ0v) is 29.4. The van der Waals surface area contributed by atoms with Crippen molar-refractivity contribution in [2.75, 3.05) is 13.2 Å². The number of quaternary nitrogens is 1. The van der Waals surface area contributed by atoms with E-state index in [-0.39, 0.29) is 29.3 Å². The number of hydrogen-bond acceptors (Lipinski definition) is 3. The molecule has 0 aliphatic heterocycles. The van der Waals surface area contributed by atoms with Crippen molar-refractivity contribution in [2.45, 2.75) is 213 Å². The van der Waals surface area contributed by atoms with Crippen molar-refractivity contribution < 1.29 is 37.3 Å². The van der Waals surface area contributed by atoms with Crippen LogP contribution in [0.1, 0.15) is 195 Å². The number of aliphatic hydroxyl groups is 1. The molecule has 0 radical (unpaired) electrons. The summed E-state index contributed by atoms with van der Waals surface area (Å²) < 4.78 is 12.3. The Balaban J connectivity index is 0. The molecule has 0 aromatic carbocycles. The second-order valence-electron chi connectivity index (χ2n) is 12.9. The van der Waals surface area contributed by atoms with Crippen LogP contribution in [0.5, 0.6) is 0 Å². The number of hydrogen-bond donors (Lipinski definition) is 2. The van der Waals surface area contributed by atoms with Crippen LogP contribution in [0.25, 0.3) is 0 Å². The van der Waals surface area contributed by atoms with Crippen LogP contribution in [0.15, 0.2) is 0 Å². The quantitative estimate of drug-likeness (QED) is 0.0623. The number of ether oxygens (including phenoxy) is 2. The van der Waals surface area contributed by atoms with Crippen LogP contribution in [-0.4, -0.2) is 36.3 Å².